The van der Waals surface area contributed by atoms with E-state index in [0.29, 0.717) is 11.5 Å². The summed E-state index contributed by atoms with van der Waals surface area (Å²) < 4.78 is 13.0. The number of likely N-dealkylation sites (tertiary alicyclic amines) is 1. The van der Waals surface area contributed by atoms with Crippen molar-refractivity contribution in [3.8, 4) is 0 Å². The van der Waals surface area contributed by atoms with Gasteiger partial charge in [-0.2, -0.15) is 0 Å². The third-order valence-electron chi connectivity index (χ3n) is 3.36. The Bertz CT molecular complexity index is 473. The first-order chi connectivity index (χ1) is 9.19. The van der Waals surface area contributed by atoms with E-state index in [9.17, 15) is 9.18 Å². The lowest BCUT2D eigenvalue weighted by Crippen LogP contribution is -2.28. The van der Waals surface area contributed by atoms with Gasteiger partial charge in [0.2, 0.25) is 5.91 Å². The minimum atomic E-state index is -0.287. The van der Waals surface area contributed by atoms with Crippen LogP contribution in [-0.2, 0) is 4.79 Å². The summed E-state index contributed by atoms with van der Waals surface area (Å²) in [6.45, 7) is 2.54. The van der Waals surface area contributed by atoms with Crippen molar-refractivity contribution in [2.24, 2.45) is 5.92 Å². The van der Waals surface area contributed by atoms with Crippen molar-refractivity contribution in [3.63, 3.8) is 0 Å². The van der Waals surface area contributed by atoms with E-state index in [2.05, 4.69) is 5.32 Å². The zero-order chi connectivity index (χ0) is 13.7. The van der Waals surface area contributed by atoms with Gasteiger partial charge in [0.25, 0.3) is 0 Å². The molecule has 0 bridgehead atoms. The summed E-state index contributed by atoms with van der Waals surface area (Å²) in [6.07, 6.45) is 4.23. The Labute approximate surface area is 113 Å². The van der Waals surface area contributed by atoms with E-state index in [1.165, 1.54) is 18.2 Å². The van der Waals surface area contributed by atoms with Crippen molar-refractivity contribution >= 4 is 12.0 Å². The monoisotopic (exact) mass is 262 g/mol. The standard InChI is InChI=1S/C15H19FN2O/c1-17-10-13-7-8-18(11-13)15(19)6-5-12-3-2-4-14(16)9-12/h2-6,9,13,17H,7-8,10-11H2,1H3. The van der Waals surface area contributed by atoms with Gasteiger partial charge >= 0.3 is 0 Å². The minimum Gasteiger partial charge on any atom is -0.339 e. The average molecular weight is 262 g/mol. The smallest absolute Gasteiger partial charge is 0.246 e. The third kappa shape index (κ3) is 3.89. The normalized spacial score (nSPS) is 19.3. The lowest BCUT2D eigenvalue weighted by atomic mass is 10.1. The van der Waals surface area contributed by atoms with Crippen LogP contribution < -0.4 is 5.32 Å². The number of carbonyl (C=O) groups excluding carboxylic acids is 1. The second-order valence-corrected chi connectivity index (χ2v) is 4.88. The molecule has 0 aromatic heterocycles. The van der Waals surface area contributed by atoms with Crippen LogP contribution in [0.25, 0.3) is 6.08 Å². The Morgan fingerprint density at radius 3 is 3.16 bits per heavy atom. The lowest BCUT2D eigenvalue weighted by molar-refractivity contribution is -0.125. The minimum absolute atomic E-state index is 0.00265. The number of amides is 1. The molecule has 0 saturated carbocycles. The van der Waals surface area contributed by atoms with Gasteiger partial charge in [-0.1, -0.05) is 12.1 Å². The Balaban J connectivity index is 1.91. The molecule has 1 atom stereocenters. The molecule has 1 aromatic rings. The topological polar surface area (TPSA) is 32.3 Å². The number of nitrogens with zero attached hydrogens (tertiary/aromatic N) is 1. The summed E-state index contributed by atoms with van der Waals surface area (Å²) in [4.78, 5) is 13.8. The first-order valence-corrected chi connectivity index (χ1v) is 6.56. The number of nitrogens with one attached hydrogen (secondary N) is 1. The van der Waals surface area contributed by atoms with Gasteiger partial charge in [-0.3, -0.25) is 4.79 Å². The summed E-state index contributed by atoms with van der Waals surface area (Å²) in [5.74, 6) is 0.254. The van der Waals surface area contributed by atoms with Gasteiger partial charge in [-0.05, 0) is 49.7 Å². The predicted octanol–water partition coefficient (Wildman–Crippen LogP) is 1.91. The first-order valence-electron chi connectivity index (χ1n) is 6.56. The van der Waals surface area contributed by atoms with E-state index < -0.39 is 0 Å². The van der Waals surface area contributed by atoms with Crippen LogP contribution in [0.2, 0.25) is 0 Å². The van der Waals surface area contributed by atoms with Gasteiger partial charge < -0.3 is 10.2 Å². The van der Waals surface area contributed by atoms with Crippen molar-refractivity contribution in [3.05, 3.63) is 41.7 Å². The van der Waals surface area contributed by atoms with Crippen molar-refractivity contribution in [1.29, 1.82) is 0 Å². The Morgan fingerprint density at radius 1 is 1.58 bits per heavy atom. The van der Waals surface area contributed by atoms with Gasteiger partial charge in [-0.25, -0.2) is 4.39 Å². The molecule has 1 amide bonds. The predicted molar refractivity (Wildman–Crippen MR) is 74.0 cm³/mol. The number of carbonyl (C=O) groups is 1. The lowest BCUT2D eigenvalue weighted by Gasteiger charge is -2.14. The largest absolute Gasteiger partial charge is 0.339 e. The highest BCUT2D eigenvalue weighted by Crippen LogP contribution is 2.16. The summed E-state index contributed by atoms with van der Waals surface area (Å²) in [5, 5.41) is 3.14. The molecule has 19 heavy (non-hydrogen) atoms. The number of hydrogen-bond acceptors (Lipinski definition) is 2. The molecule has 0 spiro atoms. The fourth-order valence-electron chi connectivity index (χ4n) is 2.37. The second-order valence-electron chi connectivity index (χ2n) is 4.88. The Hall–Kier alpha value is -1.68. The van der Waals surface area contributed by atoms with Gasteiger partial charge in [0.15, 0.2) is 0 Å². The van der Waals surface area contributed by atoms with Crippen LogP contribution in [0.3, 0.4) is 0 Å². The maximum Gasteiger partial charge on any atom is 0.246 e. The average Bonchev–Trinajstić information content (AvgIpc) is 2.85. The number of benzene rings is 1. The van der Waals surface area contributed by atoms with Crippen molar-refractivity contribution in [1.82, 2.24) is 10.2 Å². The third-order valence-corrected chi connectivity index (χ3v) is 3.36. The van der Waals surface area contributed by atoms with E-state index in [0.717, 1.165) is 26.1 Å². The number of rotatable bonds is 4. The molecule has 1 aromatic carbocycles. The van der Waals surface area contributed by atoms with Crippen LogP contribution in [0.1, 0.15) is 12.0 Å². The number of hydrogen-bond donors (Lipinski definition) is 1. The highest BCUT2D eigenvalue weighted by Gasteiger charge is 2.24. The molecule has 0 aliphatic carbocycles. The first kappa shape index (κ1) is 13.7. The molecule has 4 heteroatoms. The van der Waals surface area contributed by atoms with E-state index in [4.69, 9.17) is 0 Å². The molecule has 1 aliphatic rings. The molecule has 2 rings (SSSR count). The molecule has 1 unspecified atom stereocenters. The van der Waals surface area contributed by atoms with Gasteiger partial charge in [0.05, 0.1) is 0 Å². The molecule has 1 saturated heterocycles. The molecule has 1 fully saturated rings. The van der Waals surface area contributed by atoms with Crippen molar-refractivity contribution in [2.75, 3.05) is 26.7 Å². The quantitative estimate of drug-likeness (QED) is 0.841. The van der Waals surface area contributed by atoms with Gasteiger partial charge in [-0.15, -0.1) is 0 Å². The highest BCUT2D eigenvalue weighted by molar-refractivity contribution is 5.91. The van der Waals surface area contributed by atoms with Gasteiger partial charge in [0, 0.05) is 19.2 Å². The van der Waals surface area contributed by atoms with Crippen molar-refractivity contribution < 1.29 is 9.18 Å². The highest BCUT2D eigenvalue weighted by atomic mass is 19.1. The zero-order valence-corrected chi connectivity index (χ0v) is 11.1. The Kier molecular flexibility index (Phi) is 4.68. The van der Waals surface area contributed by atoms with Crippen LogP contribution in [0.5, 0.6) is 0 Å². The van der Waals surface area contributed by atoms with Crippen LogP contribution in [0.4, 0.5) is 4.39 Å². The van der Waals surface area contributed by atoms with E-state index in [1.807, 2.05) is 11.9 Å². The van der Waals surface area contributed by atoms with E-state index in [1.54, 1.807) is 18.2 Å². The SMILES string of the molecule is CNCC1CCN(C(=O)C=Cc2cccc(F)c2)C1. The summed E-state index contributed by atoms with van der Waals surface area (Å²) in [6, 6.07) is 6.22. The van der Waals surface area contributed by atoms with E-state index in [-0.39, 0.29) is 11.7 Å². The van der Waals surface area contributed by atoms with Crippen molar-refractivity contribution in [2.45, 2.75) is 6.42 Å². The fraction of sp³-hybridized carbons (Fsp3) is 0.400. The fourth-order valence-corrected chi connectivity index (χ4v) is 2.37. The molecule has 102 valence electrons. The molecule has 3 nitrogen and oxygen atoms in total. The number of halogens is 1. The van der Waals surface area contributed by atoms with Crippen LogP contribution >= 0.6 is 0 Å². The maximum absolute atomic E-state index is 13.0. The Morgan fingerprint density at radius 2 is 2.42 bits per heavy atom. The molecular formula is C15H19FN2O. The molecule has 1 N–H and O–H groups in total. The van der Waals surface area contributed by atoms with Crippen LogP contribution in [0, 0.1) is 11.7 Å². The maximum atomic E-state index is 13.0. The second kappa shape index (κ2) is 6.48. The molecule has 1 aliphatic heterocycles. The molecular weight excluding hydrogens is 243 g/mol. The van der Waals surface area contributed by atoms with Crippen LogP contribution in [0.15, 0.2) is 30.3 Å². The molecule has 0 radical (unpaired) electrons. The molecule has 1 heterocycles. The summed E-state index contributed by atoms with van der Waals surface area (Å²) in [5.41, 5.74) is 0.708. The zero-order valence-electron chi connectivity index (χ0n) is 11.1. The van der Waals surface area contributed by atoms with Crippen LogP contribution in [-0.4, -0.2) is 37.5 Å². The summed E-state index contributed by atoms with van der Waals surface area (Å²) >= 11 is 0. The van der Waals surface area contributed by atoms with Gasteiger partial charge in [0.1, 0.15) is 5.82 Å². The van der Waals surface area contributed by atoms with E-state index >= 15 is 0 Å². The summed E-state index contributed by atoms with van der Waals surface area (Å²) in [7, 11) is 1.92.